The van der Waals surface area contributed by atoms with Gasteiger partial charge in [0, 0.05) is 6.07 Å². The number of carbonyl (C=O) groups excluding carboxylic acids is 1. The monoisotopic (exact) mass is 275 g/mol. The Kier molecular flexibility index (Phi) is 4.17. The van der Waals surface area contributed by atoms with Crippen molar-refractivity contribution in [3.8, 4) is 5.75 Å². The molecule has 0 aromatic heterocycles. The Morgan fingerprint density at radius 3 is 2.65 bits per heavy atom. The number of hydrogen-bond donors (Lipinski definition) is 3. The van der Waals surface area contributed by atoms with Crippen molar-refractivity contribution in [3.05, 3.63) is 53.8 Å². The molecule has 104 valence electrons. The van der Waals surface area contributed by atoms with Crippen molar-refractivity contribution in [2.75, 3.05) is 17.9 Å². The van der Waals surface area contributed by atoms with Crippen molar-refractivity contribution in [3.63, 3.8) is 0 Å². The molecule has 0 saturated heterocycles. The number of halogens is 1. The SMILES string of the molecule is COc1cc(F)ccc1NC(=O)c1ccccc1NN. The highest BCUT2D eigenvalue weighted by atomic mass is 19.1. The second kappa shape index (κ2) is 6.03. The van der Waals surface area contributed by atoms with E-state index in [0.717, 1.165) is 0 Å². The van der Waals surface area contributed by atoms with Crippen LogP contribution in [0.4, 0.5) is 15.8 Å². The number of nitrogen functional groups attached to an aromatic ring is 1. The van der Waals surface area contributed by atoms with E-state index in [1.807, 2.05) is 0 Å². The Hall–Kier alpha value is -2.60. The van der Waals surface area contributed by atoms with E-state index in [9.17, 15) is 9.18 Å². The molecule has 0 saturated carbocycles. The van der Waals surface area contributed by atoms with Crippen LogP contribution < -0.4 is 21.3 Å². The van der Waals surface area contributed by atoms with Gasteiger partial charge in [-0.25, -0.2) is 4.39 Å². The third-order valence-electron chi connectivity index (χ3n) is 2.74. The zero-order valence-electron chi connectivity index (χ0n) is 10.8. The molecular formula is C14H14FN3O2. The van der Waals surface area contributed by atoms with E-state index in [1.165, 1.54) is 25.3 Å². The third kappa shape index (κ3) is 2.86. The molecular weight excluding hydrogens is 261 g/mol. The molecule has 0 atom stereocenters. The van der Waals surface area contributed by atoms with Crippen molar-refractivity contribution in [2.24, 2.45) is 5.84 Å². The summed E-state index contributed by atoms with van der Waals surface area (Å²) in [7, 11) is 1.40. The second-order valence-corrected chi connectivity index (χ2v) is 3.99. The van der Waals surface area contributed by atoms with Gasteiger partial charge in [-0.05, 0) is 24.3 Å². The maximum absolute atomic E-state index is 13.1. The number of nitrogens with one attached hydrogen (secondary N) is 2. The summed E-state index contributed by atoms with van der Waals surface area (Å²) < 4.78 is 18.1. The van der Waals surface area contributed by atoms with Crippen LogP contribution in [0, 0.1) is 5.82 Å². The number of carbonyl (C=O) groups is 1. The van der Waals surface area contributed by atoms with Gasteiger partial charge in [0.1, 0.15) is 11.6 Å². The van der Waals surface area contributed by atoms with Crippen molar-refractivity contribution in [1.82, 2.24) is 0 Å². The lowest BCUT2D eigenvalue weighted by molar-refractivity contribution is 0.102. The van der Waals surface area contributed by atoms with E-state index in [2.05, 4.69) is 10.7 Å². The number of nitrogens with two attached hydrogens (primary N) is 1. The van der Waals surface area contributed by atoms with Gasteiger partial charge in [-0.3, -0.25) is 10.6 Å². The standard InChI is InChI=1S/C14H14FN3O2/c1-20-13-8-9(15)6-7-12(13)17-14(19)10-4-2-3-5-11(10)18-16/h2-8,18H,16H2,1H3,(H,17,19). The minimum atomic E-state index is -0.441. The number of rotatable bonds is 4. The normalized spacial score (nSPS) is 9.95. The van der Waals surface area contributed by atoms with Crippen LogP contribution in [0.1, 0.15) is 10.4 Å². The van der Waals surface area contributed by atoms with E-state index < -0.39 is 5.82 Å². The minimum Gasteiger partial charge on any atom is -0.494 e. The molecule has 0 aliphatic carbocycles. The highest BCUT2D eigenvalue weighted by Crippen LogP contribution is 2.26. The smallest absolute Gasteiger partial charge is 0.257 e. The fraction of sp³-hybridized carbons (Fsp3) is 0.0714. The highest BCUT2D eigenvalue weighted by molar-refractivity contribution is 6.08. The number of anilines is 2. The van der Waals surface area contributed by atoms with E-state index in [-0.39, 0.29) is 11.7 Å². The molecule has 1 amide bonds. The Bertz CT molecular complexity index is 632. The van der Waals surface area contributed by atoms with Gasteiger partial charge in [0.2, 0.25) is 0 Å². The van der Waals surface area contributed by atoms with Gasteiger partial charge in [-0.15, -0.1) is 0 Å². The maximum Gasteiger partial charge on any atom is 0.257 e. The summed E-state index contributed by atoms with van der Waals surface area (Å²) in [6.07, 6.45) is 0. The number of hydrogen-bond acceptors (Lipinski definition) is 4. The number of benzene rings is 2. The fourth-order valence-electron chi connectivity index (χ4n) is 1.76. The second-order valence-electron chi connectivity index (χ2n) is 3.99. The molecule has 0 aliphatic rings. The van der Waals surface area contributed by atoms with Crippen LogP contribution in [0.3, 0.4) is 0 Å². The van der Waals surface area contributed by atoms with Gasteiger partial charge < -0.3 is 15.5 Å². The molecule has 0 aliphatic heterocycles. The number of ether oxygens (including phenoxy) is 1. The predicted molar refractivity (Wildman–Crippen MR) is 75.2 cm³/mol. The van der Waals surface area contributed by atoms with Crippen LogP contribution in [0.25, 0.3) is 0 Å². The summed E-state index contributed by atoms with van der Waals surface area (Å²) in [5.41, 5.74) is 3.70. The molecule has 0 radical (unpaired) electrons. The van der Waals surface area contributed by atoms with Gasteiger partial charge in [-0.1, -0.05) is 12.1 Å². The van der Waals surface area contributed by atoms with Crippen molar-refractivity contribution < 1.29 is 13.9 Å². The van der Waals surface area contributed by atoms with E-state index in [4.69, 9.17) is 10.6 Å². The molecule has 0 heterocycles. The van der Waals surface area contributed by atoms with Gasteiger partial charge in [0.15, 0.2) is 0 Å². The minimum absolute atomic E-state index is 0.247. The highest BCUT2D eigenvalue weighted by Gasteiger charge is 2.13. The maximum atomic E-state index is 13.1. The third-order valence-corrected chi connectivity index (χ3v) is 2.74. The molecule has 5 nitrogen and oxygen atoms in total. The molecule has 4 N–H and O–H groups in total. The molecule has 6 heteroatoms. The quantitative estimate of drug-likeness (QED) is 0.591. The zero-order valence-corrected chi connectivity index (χ0v) is 10.8. The Morgan fingerprint density at radius 2 is 1.95 bits per heavy atom. The average Bonchev–Trinajstić information content (AvgIpc) is 2.48. The summed E-state index contributed by atoms with van der Waals surface area (Å²) >= 11 is 0. The van der Waals surface area contributed by atoms with Gasteiger partial charge in [0.05, 0.1) is 24.0 Å². The molecule has 0 bridgehead atoms. The molecule has 2 aromatic rings. The van der Waals surface area contributed by atoms with Crippen LogP contribution in [-0.2, 0) is 0 Å². The molecule has 2 rings (SSSR count). The zero-order chi connectivity index (χ0) is 14.5. The van der Waals surface area contributed by atoms with Crippen LogP contribution in [0.5, 0.6) is 5.75 Å². The largest absolute Gasteiger partial charge is 0.494 e. The van der Waals surface area contributed by atoms with E-state index >= 15 is 0 Å². The van der Waals surface area contributed by atoms with Crippen molar-refractivity contribution >= 4 is 17.3 Å². The molecule has 2 aromatic carbocycles. The average molecular weight is 275 g/mol. The molecule has 20 heavy (non-hydrogen) atoms. The number of hydrazine groups is 1. The molecule has 0 fully saturated rings. The van der Waals surface area contributed by atoms with Crippen molar-refractivity contribution in [1.29, 1.82) is 0 Å². The van der Waals surface area contributed by atoms with E-state index in [0.29, 0.717) is 16.9 Å². The first-order chi connectivity index (χ1) is 9.65. The number of amides is 1. The lowest BCUT2D eigenvalue weighted by Gasteiger charge is -2.12. The summed E-state index contributed by atoms with van der Waals surface area (Å²) in [5.74, 6) is 4.79. The van der Waals surface area contributed by atoms with Gasteiger partial charge in [-0.2, -0.15) is 0 Å². The summed E-state index contributed by atoms with van der Waals surface area (Å²) in [4.78, 5) is 12.2. The van der Waals surface area contributed by atoms with Gasteiger partial charge in [0.25, 0.3) is 5.91 Å². The topological polar surface area (TPSA) is 76.4 Å². The number of methoxy groups -OCH3 is 1. The molecule has 0 unspecified atom stereocenters. The Labute approximate surface area is 115 Å². The van der Waals surface area contributed by atoms with Gasteiger partial charge >= 0.3 is 0 Å². The Morgan fingerprint density at radius 1 is 1.20 bits per heavy atom. The summed E-state index contributed by atoms with van der Waals surface area (Å²) in [5, 5.41) is 2.65. The van der Waals surface area contributed by atoms with E-state index in [1.54, 1.807) is 24.3 Å². The van der Waals surface area contributed by atoms with Crippen molar-refractivity contribution in [2.45, 2.75) is 0 Å². The fourth-order valence-corrected chi connectivity index (χ4v) is 1.76. The summed E-state index contributed by atoms with van der Waals surface area (Å²) in [6.45, 7) is 0. The predicted octanol–water partition coefficient (Wildman–Crippen LogP) is 2.37. The number of para-hydroxylation sites is 1. The molecule has 0 spiro atoms. The van der Waals surface area contributed by atoms with Crippen LogP contribution in [0.15, 0.2) is 42.5 Å². The Balaban J connectivity index is 2.28. The first-order valence-corrected chi connectivity index (χ1v) is 5.86. The lowest BCUT2D eigenvalue weighted by atomic mass is 10.1. The van der Waals surface area contributed by atoms with Crippen LogP contribution >= 0.6 is 0 Å². The summed E-state index contributed by atoms with van der Waals surface area (Å²) in [6, 6.07) is 10.7. The van der Waals surface area contributed by atoms with Crippen LogP contribution in [0.2, 0.25) is 0 Å². The first kappa shape index (κ1) is 13.8. The van der Waals surface area contributed by atoms with Crippen LogP contribution in [-0.4, -0.2) is 13.0 Å². The first-order valence-electron chi connectivity index (χ1n) is 5.86. The lowest BCUT2D eigenvalue weighted by Crippen LogP contribution is -2.17.